The number of aromatic amines is 1. The molecule has 25 heavy (non-hydrogen) atoms. The first-order chi connectivity index (χ1) is 12.2. The summed E-state index contributed by atoms with van der Waals surface area (Å²) in [6.45, 7) is 0. The molecule has 2 aromatic carbocycles. The number of benzene rings is 2. The topological polar surface area (TPSA) is 93.4 Å². The summed E-state index contributed by atoms with van der Waals surface area (Å²) in [6.07, 6.45) is 0. The van der Waals surface area contributed by atoms with Gasteiger partial charge in [-0.3, -0.25) is 5.10 Å². The van der Waals surface area contributed by atoms with Gasteiger partial charge >= 0.3 is 0 Å². The molecule has 124 valence electrons. The van der Waals surface area contributed by atoms with Crippen molar-refractivity contribution < 1.29 is 4.39 Å². The molecule has 4 rings (SSSR count). The third kappa shape index (κ3) is 3.16. The van der Waals surface area contributed by atoms with Crippen LogP contribution in [0.25, 0.3) is 22.3 Å². The van der Waals surface area contributed by atoms with Crippen LogP contribution in [0.4, 0.5) is 10.2 Å². The van der Waals surface area contributed by atoms with E-state index in [0.717, 1.165) is 10.9 Å². The van der Waals surface area contributed by atoms with Gasteiger partial charge in [-0.25, -0.2) is 19.3 Å². The maximum Gasteiger partial charge on any atom is 0.209 e. The minimum absolute atomic E-state index is 0.346. The lowest BCUT2D eigenvalue weighted by Gasteiger charge is -2.03. The molecular formula is C17H13FN6S. The Morgan fingerprint density at radius 2 is 1.80 bits per heavy atom. The van der Waals surface area contributed by atoms with Crippen LogP contribution in [0.15, 0.2) is 53.7 Å². The van der Waals surface area contributed by atoms with Crippen molar-refractivity contribution in [3.63, 3.8) is 0 Å². The average Bonchev–Trinajstić information content (AvgIpc) is 3.09. The molecule has 3 N–H and O–H groups in total. The van der Waals surface area contributed by atoms with E-state index in [2.05, 4.69) is 25.1 Å². The number of nitrogens with two attached hydrogens (primary N) is 1. The molecule has 0 aliphatic carbocycles. The van der Waals surface area contributed by atoms with Gasteiger partial charge in [-0.05, 0) is 24.3 Å². The molecular weight excluding hydrogens is 339 g/mol. The largest absolute Gasteiger partial charge is 0.383 e. The van der Waals surface area contributed by atoms with E-state index in [0.29, 0.717) is 33.9 Å². The Kier molecular flexibility index (Phi) is 4.02. The van der Waals surface area contributed by atoms with Crippen molar-refractivity contribution in [2.75, 3.05) is 5.73 Å². The predicted molar refractivity (Wildman–Crippen MR) is 95.3 cm³/mol. The summed E-state index contributed by atoms with van der Waals surface area (Å²) in [5, 5.41) is 8.18. The normalized spacial score (nSPS) is 11.1. The lowest BCUT2D eigenvalue weighted by molar-refractivity contribution is 0.630. The monoisotopic (exact) mass is 352 g/mol. The third-order valence-corrected chi connectivity index (χ3v) is 4.45. The van der Waals surface area contributed by atoms with E-state index in [1.54, 1.807) is 18.2 Å². The summed E-state index contributed by atoms with van der Waals surface area (Å²) in [5.74, 6) is 1.55. The van der Waals surface area contributed by atoms with Crippen molar-refractivity contribution in [2.24, 2.45) is 0 Å². The Morgan fingerprint density at radius 1 is 1.00 bits per heavy atom. The fraction of sp³-hybridized carbons (Fsp3) is 0.0588. The van der Waals surface area contributed by atoms with Gasteiger partial charge < -0.3 is 5.73 Å². The van der Waals surface area contributed by atoms with Gasteiger partial charge in [-0.1, -0.05) is 36.0 Å². The highest BCUT2D eigenvalue weighted by molar-refractivity contribution is 7.98. The first kappa shape index (κ1) is 15.5. The summed E-state index contributed by atoms with van der Waals surface area (Å²) in [7, 11) is 0. The molecule has 2 aromatic heterocycles. The molecule has 0 bridgehead atoms. The van der Waals surface area contributed by atoms with Crippen molar-refractivity contribution in [2.45, 2.75) is 10.9 Å². The lowest BCUT2D eigenvalue weighted by Crippen LogP contribution is -2.00. The Balaban J connectivity index is 1.53. The minimum atomic E-state index is -0.346. The van der Waals surface area contributed by atoms with Crippen molar-refractivity contribution in [3.05, 3.63) is 60.2 Å². The van der Waals surface area contributed by atoms with Crippen molar-refractivity contribution in [1.82, 2.24) is 25.1 Å². The molecule has 4 aromatic rings. The van der Waals surface area contributed by atoms with Gasteiger partial charge in [-0.2, -0.15) is 0 Å². The molecule has 2 heterocycles. The minimum Gasteiger partial charge on any atom is -0.383 e. The Hall–Kier alpha value is -3.00. The zero-order valence-corrected chi connectivity index (χ0v) is 13.8. The molecule has 6 nitrogen and oxygen atoms in total. The van der Waals surface area contributed by atoms with E-state index in [-0.39, 0.29) is 5.82 Å². The number of thioether (sulfide) groups is 1. The van der Waals surface area contributed by atoms with Crippen molar-refractivity contribution in [3.8, 4) is 11.4 Å². The van der Waals surface area contributed by atoms with Gasteiger partial charge in [0.1, 0.15) is 17.5 Å². The number of anilines is 1. The number of hydrogen-bond acceptors (Lipinski definition) is 6. The van der Waals surface area contributed by atoms with Crippen LogP contribution in [0, 0.1) is 5.82 Å². The average molecular weight is 352 g/mol. The number of nitrogen functional groups attached to an aromatic ring is 1. The number of aromatic nitrogens is 5. The fourth-order valence-corrected chi connectivity index (χ4v) is 3.08. The number of halogens is 1. The second-order valence-electron chi connectivity index (χ2n) is 5.28. The zero-order valence-electron chi connectivity index (χ0n) is 13.0. The summed E-state index contributed by atoms with van der Waals surface area (Å²) in [4.78, 5) is 13.1. The standard InChI is InChI=1S/C17H13FN6S/c18-12-7-3-1-5-10(12)16-22-17(24-23-16)25-9-14-20-13-8-4-2-6-11(13)15(19)21-14/h1-8H,9H2,(H2,19,20,21)(H,22,23,24). The quantitative estimate of drug-likeness (QED) is 0.547. The highest BCUT2D eigenvalue weighted by Crippen LogP contribution is 2.24. The van der Waals surface area contributed by atoms with E-state index in [1.807, 2.05) is 24.3 Å². The van der Waals surface area contributed by atoms with Gasteiger partial charge in [0, 0.05) is 5.39 Å². The molecule has 8 heteroatoms. The Bertz CT molecular complexity index is 1050. The molecule has 0 fully saturated rings. The smallest absolute Gasteiger partial charge is 0.209 e. The van der Waals surface area contributed by atoms with Crippen LogP contribution in [-0.2, 0) is 5.75 Å². The number of H-pyrrole nitrogens is 1. The highest BCUT2D eigenvalue weighted by Gasteiger charge is 2.11. The number of nitrogens with one attached hydrogen (secondary N) is 1. The van der Waals surface area contributed by atoms with Gasteiger partial charge in [0.2, 0.25) is 5.16 Å². The van der Waals surface area contributed by atoms with Crippen LogP contribution in [-0.4, -0.2) is 25.1 Å². The molecule has 0 amide bonds. The van der Waals surface area contributed by atoms with Crippen LogP contribution in [0.1, 0.15) is 5.82 Å². The second-order valence-corrected chi connectivity index (χ2v) is 6.22. The molecule has 0 radical (unpaired) electrons. The summed E-state index contributed by atoms with van der Waals surface area (Å²) < 4.78 is 13.8. The lowest BCUT2D eigenvalue weighted by atomic mass is 10.2. The van der Waals surface area contributed by atoms with Crippen LogP contribution in [0.2, 0.25) is 0 Å². The summed E-state index contributed by atoms with van der Waals surface area (Å²) in [6, 6.07) is 14.0. The molecule has 0 aliphatic heterocycles. The van der Waals surface area contributed by atoms with Gasteiger partial charge in [0.05, 0.1) is 16.8 Å². The van der Waals surface area contributed by atoms with Crippen LogP contribution in [0.3, 0.4) is 0 Å². The van der Waals surface area contributed by atoms with E-state index < -0.39 is 0 Å². The number of nitrogens with zero attached hydrogens (tertiary/aromatic N) is 4. The number of hydrogen-bond donors (Lipinski definition) is 2. The van der Waals surface area contributed by atoms with Crippen LogP contribution < -0.4 is 5.73 Å². The Labute approximate surface area is 146 Å². The van der Waals surface area contributed by atoms with Crippen molar-refractivity contribution in [1.29, 1.82) is 0 Å². The van der Waals surface area contributed by atoms with Gasteiger partial charge in [0.25, 0.3) is 0 Å². The van der Waals surface area contributed by atoms with E-state index >= 15 is 0 Å². The highest BCUT2D eigenvalue weighted by atomic mass is 32.2. The van der Waals surface area contributed by atoms with Crippen molar-refractivity contribution >= 4 is 28.5 Å². The maximum atomic E-state index is 13.8. The molecule has 0 saturated heterocycles. The SMILES string of the molecule is Nc1nc(CSc2n[nH]c(-c3ccccc3F)n2)nc2ccccc12. The molecule has 0 aliphatic rings. The summed E-state index contributed by atoms with van der Waals surface area (Å²) >= 11 is 1.36. The maximum absolute atomic E-state index is 13.8. The van der Waals surface area contributed by atoms with Crippen LogP contribution >= 0.6 is 11.8 Å². The van der Waals surface area contributed by atoms with Gasteiger partial charge in [0.15, 0.2) is 5.82 Å². The first-order valence-electron chi connectivity index (χ1n) is 7.52. The summed E-state index contributed by atoms with van der Waals surface area (Å²) in [5.41, 5.74) is 7.16. The first-order valence-corrected chi connectivity index (χ1v) is 8.50. The van der Waals surface area contributed by atoms with Crippen LogP contribution in [0.5, 0.6) is 0 Å². The van der Waals surface area contributed by atoms with E-state index in [9.17, 15) is 4.39 Å². The zero-order chi connectivity index (χ0) is 17.2. The fourth-order valence-electron chi connectivity index (χ4n) is 2.43. The van der Waals surface area contributed by atoms with E-state index in [1.165, 1.54) is 17.8 Å². The Morgan fingerprint density at radius 3 is 2.68 bits per heavy atom. The molecule has 0 atom stereocenters. The number of rotatable bonds is 4. The number of para-hydroxylation sites is 1. The van der Waals surface area contributed by atoms with Gasteiger partial charge in [-0.15, -0.1) is 5.10 Å². The molecule has 0 unspecified atom stereocenters. The van der Waals surface area contributed by atoms with E-state index in [4.69, 9.17) is 5.73 Å². The number of fused-ring (bicyclic) bond motifs is 1. The second kappa shape index (κ2) is 6.48. The molecule has 0 spiro atoms. The molecule has 0 saturated carbocycles. The predicted octanol–water partition coefficient (Wildman–Crippen LogP) is 3.43. The third-order valence-electron chi connectivity index (χ3n) is 3.60.